The van der Waals surface area contributed by atoms with Gasteiger partial charge < -0.3 is 14.9 Å². The van der Waals surface area contributed by atoms with Crippen LogP contribution in [0, 0.1) is 0 Å². The van der Waals surface area contributed by atoms with E-state index >= 15 is 0 Å². The van der Waals surface area contributed by atoms with Gasteiger partial charge in [-0.25, -0.2) is 0 Å². The number of hydrogen-bond acceptors (Lipinski definition) is 4. The monoisotopic (exact) mass is 298 g/mol. The van der Waals surface area contributed by atoms with E-state index < -0.39 is 11.7 Å². The number of allylic oxidation sites excluding steroid dienone is 3. The van der Waals surface area contributed by atoms with Crippen molar-refractivity contribution in [3.63, 3.8) is 0 Å². The van der Waals surface area contributed by atoms with Crippen molar-refractivity contribution in [3.8, 4) is 0 Å². The quantitative estimate of drug-likeness (QED) is 0.507. The highest BCUT2D eigenvalue weighted by molar-refractivity contribution is 5.66. The maximum atomic E-state index is 10.6. The molecule has 0 radical (unpaired) electrons. The Morgan fingerprint density at radius 2 is 1.86 bits per heavy atom. The number of aliphatic hydroxyl groups is 2. The van der Waals surface area contributed by atoms with Gasteiger partial charge in [-0.2, -0.15) is 0 Å². The average molecular weight is 298 g/mol. The molecule has 0 saturated heterocycles. The number of carbonyl (C=O) groups is 1. The van der Waals surface area contributed by atoms with Crippen molar-refractivity contribution < 1.29 is 19.7 Å². The molecular formula is C17H30O4. The zero-order valence-electron chi connectivity index (χ0n) is 14.0. The molecule has 0 bridgehead atoms. The fraction of sp³-hybridized carbons (Fsp3) is 0.706. The summed E-state index contributed by atoms with van der Waals surface area (Å²) >= 11 is 0. The summed E-state index contributed by atoms with van der Waals surface area (Å²) in [5.74, 6) is -0.304. The van der Waals surface area contributed by atoms with Crippen molar-refractivity contribution in [1.29, 1.82) is 0 Å². The van der Waals surface area contributed by atoms with E-state index in [4.69, 9.17) is 4.74 Å². The fourth-order valence-electron chi connectivity index (χ4n) is 1.90. The minimum atomic E-state index is -1.08. The van der Waals surface area contributed by atoms with Crippen molar-refractivity contribution in [1.82, 2.24) is 0 Å². The van der Waals surface area contributed by atoms with Gasteiger partial charge in [-0.15, -0.1) is 0 Å². The molecule has 0 aromatic heterocycles. The Morgan fingerprint density at radius 3 is 2.38 bits per heavy atom. The zero-order chi connectivity index (χ0) is 16.5. The van der Waals surface area contributed by atoms with Crippen LogP contribution in [0.15, 0.2) is 23.3 Å². The molecule has 0 heterocycles. The van der Waals surface area contributed by atoms with Crippen molar-refractivity contribution in [3.05, 3.63) is 23.3 Å². The number of hydrogen-bond donors (Lipinski definition) is 2. The van der Waals surface area contributed by atoms with Crippen LogP contribution in [0.2, 0.25) is 0 Å². The van der Waals surface area contributed by atoms with E-state index in [2.05, 4.69) is 6.08 Å². The number of esters is 1. The Morgan fingerprint density at radius 1 is 1.24 bits per heavy atom. The lowest BCUT2D eigenvalue weighted by atomic mass is 9.89. The molecule has 0 aliphatic rings. The van der Waals surface area contributed by atoms with Crippen molar-refractivity contribution >= 4 is 5.97 Å². The highest BCUT2D eigenvalue weighted by Gasteiger charge is 2.28. The van der Waals surface area contributed by atoms with E-state index in [0.717, 1.165) is 12.0 Å². The molecule has 0 aliphatic heterocycles. The van der Waals surface area contributed by atoms with Crippen LogP contribution >= 0.6 is 0 Å². The normalized spacial score (nSPS) is 16.0. The maximum Gasteiger partial charge on any atom is 0.302 e. The van der Waals surface area contributed by atoms with Crippen LogP contribution < -0.4 is 0 Å². The molecule has 2 N–H and O–H groups in total. The first kappa shape index (κ1) is 19.9. The van der Waals surface area contributed by atoms with Gasteiger partial charge in [-0.05, 0) is 59.5 Å². The molecule has 0 fully saturated rings. The van der Waals surface area contributed by atoms with Crippen LogP contribution in [0.3, 0.4) is 0 Å². The van der Waals surface area contributed by atoms with Gasteiger partial charge in [0.2, 0.25) is 0 Å². The van der Waals surface area contributed by atoms with Crippen LogP contribution in [-0.2, 0) is 9.53 Å². The summed E-state index contributed by atoms with van der Waals surface area (Å²) < 4.78 is 4.83. The predicted octanol–water partition coefficient (Wildman–Crippen LogP) is 3.13. The number of aliphatic hydroxyl groups excluding tert-OH is 1. The van der Waals surface area contributed by atoms with Gasteiger partial charge >= 0.3 is 5.97 Å². The molecule has 0 spiro atoms. The molecule has 0 aromatic carbocycles. The third kappa shape index (κ3) is 10.3. The van der Waals surface area contributed by atoms with E-state index in [1.165, 1.54) is 12.5 Å². The lowest BCUT2D eigenvalue weighted by Crippen LogP contribution is -2.39. The maximum absolute atomic E-state index is 10.6. The van der Waals surface area contributed by atoms with Crippen LogP contribution in [0.4, 0.5) is 0 Å². The van der Waals surface area contributed by atoms with Crippen LogP contribution in [0.25, 0.3) is 0 Å². The smallest absolute Gasteiger partial charge is 0.302 e. The second kappa shape index (κ2) is 9.74. The largest absolute Gasteiger partial charge is 0.462 e. The molecule has 0 rings (SSSR count). The minimum absolute atomic E-state index is 0.258. The van der Waals surface area contributed by atoms with E-state index in [9.17, 15) is 15.0 Å². The van der Waals surface area contributed by atoms with Gasteiger partial charge in [0.1, 0.15) is 6.61 Å². The van der Waals surface area contributed by atoms with E-state index in [-0.39, 0.29) is 12.6 Å². The third-order valence-corrected chi connectivity index (χ3v) is 3.45. The van der Waals surface area contributed by atoms with Crippen LogP contribution in [0.1, 0.15) is 60.3 Å². The SMILES string of the molecule is CC(=O)OC/C=C(\C)CC[C@@H](O)[C@](C)(O)CCC=C(C)C. The average Bonchev–Trinajstić information content (AvgIpc) is 2.34. The zero-order valence-corrected chi connectivity index (χ0v) is 14.0. The van der Waals surface area contributed by atoms with Gasteiger partial charge in [-0.3, -0.25) is 4.79 Å². The van der Waals surface area contributed by atoms with Crippen LogP contribution in [0.5, 0.6) is 0 Å². The van der Waals surface area contributed by atoms with E-state index in [1.54, 1.807) is 6.92 Å². The predicted molar refractivity (Wildman–Crippen MR) is 84.9 cm³/mol. The molecular weight excluding hydrogens is 268 g/mol. The van der Waals surface area contributed by atoms with Crippen molar-refractivity contribution in [2.24, 2.45) is 0 Å². The molecule has 0 unspecified atom stereocenters. The summed E-state index contributed by atoms with van der Waals surface area (Å²) in [6.07, 6.45) is 5.58. The first-order chi connectivity index (χ1) is 9.65. The second-order valence-corrected chi connectivity index (χ2v) is 6.08. The second-order valence-electron chi connectivity index (χ2n) is 6.08. The standard InChI is InChI=1S/C17H30O4/c1-13(2)7-6-11-17(5,20)16(19)9-8-14(3)10-12-21-15(4)18/h7,10,16,19-20H,6,8-9,11-12H2,1-5H3/b14-10+/t16-,17-/m1/s1. The summed E-state index contributed by atoms with van der Waals surface area (Å²) in [6, 6.07) is 0. The van der Waals surface area contributed by atoms with E-state index in [1.807, 2.05) is 26.8 Å². The van der Waals surface area contributed by atoms with Crippen LogP contribution in [-0.4, -0.2) is 34.5 Å². The van der Waals surface area contributed by atoms with Gasteiger partial charge in [0.25, 0.3) is 0 Å². The Kier molecular flexibility index (Phi) is 9.22. The molecule has 4 nitrogen and oxygen atoms in total. The Labute approximate surface area is 128 Å². The molecule has 122 valence electrons. The fourth-order valence-corrected chi connectivity index (χ4v) is 1.90. The molecule has 21 heavy (non-hydrogen) atoms. The lowest BCUT2D eigenvalue weighted by molar-refractivity contribution is -0.139. The van der Waals surface area contributed by atoms with Gasteiger partial charge in [0, 0.05) is 6.92 Å². The summed E-state index contributed by atoms with van der Waals surface area (Å²) in [7, 11) is 0. The van der Waals surface area contributed by atoms with E-state index in [0.29, 0.717) is 19.3 Å². The molecule has 0 saturated carbocycles. The topological polar surface area (TPSA) is 66.8 Å². The first-order valence-electron chi connectivity index (χ1n) is 7.48. The lowest BCUT2D eigenvalue weighted by Gasteiger charge is -2.29. The van der Waals surface area contributed by atoms with Gasteiger partial charge in [0.15, 0.2) is 0 Å². The summed E-state index contributed by atoms with van der Waals surface area (Å²) in [5, 5.41) is 20.4. The molecule has 2 atom stereocenters. The van der Waals surface area contributed by atoms with Gasteiger partial charge in [-0.1, -0.05) is 17.2 Å². The van der Waals surface area contributed by atoms with Gasteiger partial charge in [0.05, 0.1) is 11.7 Å². The summed E-state index contributed by atoms with van der Waals surface area (Å²) in [4.78, 5) is 10.6. The number of rotatable bonds is 9. The Balaban J connectivity index is 4.18. The molecule has 0 aliphatic carbocycles. The molecule has 0 amide bonds. The van der Waals surface area contributed by atoms with Crippen molar-refractivity contribution in [2.45, 2.75) is 72.0 Å². The molecule has 0 aromatic rings. The third-order valence-electron chi connectivity index (χ3n) is 3.45. The Hall–Kier alpha value is -1.13. The minimum Gasteiger partial charge on any atom is -0.462 e. The number of ether oxygens (including phenoxy) is 1. The molecule has 4 heteroatoms. The highest BCUT2D eigenvalue weighted by atomic mass is 16.5. The highest BCUT2D eigenvalue weighted by Crippen LogP contribution is 2.22. The first-order valence-corrected chi connectivity index (χ1v) is 7.48. The Bertz CT molecular complexity index is 376. The summed E-state index contributed by atoms with van der Waals surface area (Å²) in [6.45, 7) is 9.26. The number of carbonyl (C=O) groups excluding carboxylic acids is 1. The van der Waals surface area contributed by atoms with Crippen molar-refractivity contribution in [2.75, 3.05) is 6.61 Å². The summed E-state index contributed by atoms with van der Waals surface area (Å²) in [5.41, 5.74) is 1.17.